The van der Waals surface area contributed by atoms with Crippen LogP contribution in [0.3, 0.4) is 0 Å². The lowest BCUT2D eigenvalue weighted by Gasteiger charge is -2.17. The highest BCUT2D eigenvalue weighted by Crippen LogP contribution is 2.34. The summed E-state index contributed by atoms with van der Waals surface area (Å²) < 4.78 is 16.3. The fraction of sp³-hybridized carbons (Fsp3) is 0.263. The molecule has 144 valence electrons. The van der Waals surface area contributed by atoms with Crippen molar-refractivity contribution in [1.29, 1.82) is 0 Å². The minimum Gasteiger partial charge on any atom is -0.497 e. The Balaban J connectivity index is 2.13. The molecule has 2 aromatic carbocycles. The van der Waals surface area contributed by atoms with Crippen LogP contribution in [0.5, 0.6) is 23.0 Å². The quantitative estimate of drug-likeness (QED) is 0.690. The van der Waals surface area contributed by atoms with E-state index in [2.05, 4.69) is 16.0 Å². The van der Waals surface area contributed by atoms with Crippen molar-refractivity contribution in [2.75, 3.05) is 26.6 Å². The second-order valence-corrected chi connectivity index (χ2v) is 5.58. The van der Waals surface area contributed by atoms with Gasteiger partial charge in [-0.3, -0.25) is 10.1 Å². The molecular weight excluding hydrogens is 350 g/mol. The zero-order valence-corrected chi connectivity index (χ0v) is 15.7. The maximum absolute atomic E-state index is 12.0. The minimum atomic E-state index is -0.635. The second kappa shape index (κ2) is 9.33. The predicted molar refractivity (Wildman–Crippen MR) is 102 cm³/mol. The Morgan fingerprint density at radius 2 is 1.59 bits per heavy atom. The molecule has 0 aliphatic rings. The number of hydrogen-bond donors (Lipinski definition) is 3. The molecule has 2 rings (SSSR count). The van der Waals surface area contributed by atoms with Crippen molar-refractivity contribution in [2.45, 2.75) is 13.0 Å². The van der Waals surface area contributed by atoms with E-state index in [4.69, 9.17) is 14.2 Å². The van der Waals surface area contributed by atoms with Crippen LogP contribution in [-0.2, 0) is 4.79 Å². The van der Waals surface area contributed by atoms with Crippen molar-refractivity contribution in [3.63, 3.8) is 0 Å². The van der Waals surface area contributed by atoms with Crippen molar-refractivity contribution >= 4 is 17.6 Å². The molecule has 0 fully saturated rings. The van der Waals surface area contributed by atoms with Gasteiger partial charge in [0.25, 0.3) is 0 Å². The molecule has 0 spiro atoms. The summed E-state index contributed by atoms with van der Waals surface area (Å²) in [5.74, 6) is 1.89. The number of carbonyl (C=O) groups excluding carboxylic acids is 2. The molecule has 0 aromatic heterocycles. The normalized spacial score (nSPS) is 11.1. The molecule has 0 heterocycles. The lowest BCUT2D eigenvalue weighted by atomic mass is 10.2. The van der Waals surface area contributed by atoms with E-state index in [9.17, 15) is 9.59 Å². The van der Waals surface area contributed by atoms with E-state index in [1.54, 1.807) is 63.6 Å². The molecule has 0 aliphatic carbocycles. The average molecular weight is 373 g/mol. The largest absolute Gasteiger partial charge is 0.497 e. The van der Waals surface area contributed by atoms with E-state index in [1.165, 1.54) is 7.05 Å². The maximum Gasteiger partial charge on any atom is 0.321 e. The second-order valence-electron chi connectivity index (χ2n) is 5.58. The summed E-state index contributed by atoms with van der Waals surface area (Å²) >= 11 is 0. The molecule has 0 saturated heterocycles. The number of urea groups is 1. The highest BCUT2D eigenvalue weighted by Gasteiger charge is 2.16. The molecule has 0 aliphatic heterocycles. The van der Waals surface area contributed by atoms with Crippen LogP contribution >= 0.6 is 0 Å². The van der Waals surface area contributed by atoms with Crippen molar-refractivity contribution in [1.82, 2.24) is 10.6 Å². The van der Waals surface area contributed by atoms with Gasteiger partial charge in [-0.1, -0.05) is 0 Å². The van der Waals surface area contributed by atoms with E-state index in [0.717, 1.165) is 5.75 Å². The van der Waals surface area contributed by atoms with Crippen LogP contribution in [0.25, 0.3) is 0 Å². The number of hydrogen-bond acceptors (Lipinski definition) is 6. The number of methoxy groups -OCH3 is 2. The van der Waals surface area contributed by atoms with Crippen LogP contribution in [0.15, 0.2) is 42.5 Å². The van der Waals surface area contributed by atoms with Crippen LogP contribution < -0.4 is 30.2 Å². The Morgan fingerprint density at radius 1 is 0.926 bits per heavy atom. The first-order valence-corrected chi connectivity index (χ1v) is 8.26. The first kappa shape index (κ1) is 19.9. The van der Waals surface area contributed by atoms with Gasteiger partial charge in [-0.25, -0.2) is 4.79 Å². The Morgan fingerprint density at radius 3 is 2.19 bits per heavy atom. The fourth-order valence-electron chi connectivity index (χ4n) is 2.22. The molecule has 8 nitrogen and oxygen atoms in total. The van der Waals surface area contributed by atoms with Gasteiger partial charge in [0.1, 0.15) is 17.5 Å². The third-order valence-corrected chi connectivity index (χ3v) is 3.69. The number of anilines is 1. The number of ether oxygens (including phenoxy) is 3. The number of imide groups is 1. The molecule has 3 amide bonds. The Bertz CT molecular complexity index is 792. The minimum absolute atomic E-state index is 0.456. The highest BCUT2D eigenvalue weighted by molar-refractivity contribution is 5.97. The lowest BCUT2D eigenvalue weighted by molar-refractivity contribution is -0.120. The van der Waals surface area contributed by atoms with E-state index in [1.807, 2.05) is 0 Å². The van der Waals surface area contributed by atoms with Crippen LogP contribution in [-0.4, -0.2) is 39.2 Å². The number of amides is 3. The van der Waals surface area contributed by atoms with Crippen LogP contribution in [0, 0.1) is 0 Å². The predicted octanol–water partition coefficient (Wildman–Crippen LogP) is 2.75. The Labute approximate surface area is 157 Å². The standard InChI is InChI=1S/C19H23N3O5/c1-12(18(23)22-19(24)20-2)21-13-5-10-16(26-4)17(11-13)27-15-8-6-14(25-3)7-9-15/h5-12,21H,1-4H3,(H2,20,22,23,24). The lowest BCUT2D eigenvalue weighted by Crippen LogP contribution is -2.44. The van der Waals surface area contributed by atoms with E-state index in [-0.39, 0.29) is 0 Å². The van der Waals surface area contributed by atoms with Crippen molar-refractivity contribution in [3.8, 4) is 23.0 Å². The number of nitrogens with one attached hydrogen (secondary N) is 3. The van der Waals surface area contributed by atoms with Crippen molar-refractivity contribution in [2.24, 2.45) is 0 Å². The van der Waals surface area contributed by atoms with E-state index in [0.29, 0.717) is 22.9 Å². The summed E-state index contributed by atoms with van der Waals surface area (Å²) in [6, 6.07) is 11.1. The molecule has 0 bridgehead atoms. The SMILES string of the molecule is CNC(=O)NC(=O)C(C)Nc1ccc(OC)c(Oc2ccc(OC)cc2)c1. The molecule has 8 heteroatoms. The van der Waals surface area contributed by atoms with Gasteiger partial charge in [0.05, 0.1) is 14.2 Å². The molecule has 0 saturated carbocycles. The van der Waals surface area contributed by atoms with Gasteiger partial charge in [0.15, 0.2) is 11.5 Å². The van der Waals surface area contributed by atoms with Gasteiger partial charge >= 0.3 is 6.03 Å². The highest BCUT2D eigenvalue weighted by atomic mass is 16.5. The fourth-order valence-corrected chi connectivity index (χ4v) is 2.22. The van der Waals surface area contributed by atoms with Gasteiger partial charge in [0, 0.05) is 18.8 Å². The zero-order chi connectivity index (χ0) is 19.8. The molecule has 1 unspecified atom stereocenters. The Kier molecular flexibility index (Phi) is 6.87. The summed E-state index contributed by atoms with van der Waals surface area (Å²) in [6.07, 6.45) is 0. The van der Waals surface area contributed by atoms with Crippen LogP contribution in [0.1, 0.15) is 6.92 Å². The smallest absolute Gasteiger partial charge is 0.321 e. The van der Waals surface area contributed by atoms with Gasteiger partial charge in [-0.2, -0.15) is 0 Å². The molecular formula is C19H23N3O5. The summed E-state index contributed by atoms with van der Waals surface area (Å²) in [7, 11) is 4.57. The molecule has 3 N–H and O–H groups in total. The Hall–Kier alpha value is -3.42. The monoisotopic (exact) mass is 373 g/mol. The first-order valence-electron chi connectivity index (χ1n) is 8.26. The number of benzene rings is 2. The maximum atomic E-state index is 12.0. The van der Waals surface area contributed by atoms with Crippen LogP contribution in [0.2, 0.25) is 0 Å². The summed E-state index contributed by atoms with van der Waals surface area (Å²) in [4.78, 5) is 23.2. The van der Waals surface area contributed by atoms with Gasteiger partial charge in [0.2, 0.25) is 5.91 Å². The van der Waals surface area contributed by atoms with Crippen LogP contribution in [0.4, 0.5) is 10.5 Å². The van der Waals surface area contributed by atoms with Gasteiger partial charge in [-0.15, -0.1) is 0 Å². The van der Waals surface area contributed by atoms with E-state index < -0.39 is 18.0 Å². The topological polar surface area (TPSA) is 97.9 Å². The first-order chi connectivity index (χ1) is 13.0. The average Bonchev–Trinajstić information content (AvgIpc) is 2.68. The number of carbonyl (C=O) groups is 2. The van der Waals surface area contributed by atoms with Gasteiger partial charge < -0.3 is 24.8 Å². The zero-order valence-electron chi connectivity index (χ0n) is 15.7. The van der Waals surface area contributed by atoms with E-state index >= 15 is 0 Å². The van der Waals surface area contributed by atoms with Gasteiger partial charge in [-0.05, 0) is 43.3 Å². The third kappa shape index (κ3) is 5.53. The van der Waals surface area contributed by atoms with Crippen molar-refractivity contribution in [3.05, 3.63) is 42.5 Å². The molecule has 2 aromatic rings. The molecule has 27 heavy (non-hydrogen) atoms. The van der Waals surface area contributed by atoms with Crippen molar-refractivity contribution < 1.29 is 23.8 Å². The molecule has 1 atom stereocenters. The third-order valence-electron chi connectivity index (χ3n) is 3.69. The number of rotatable bonds is 7. The summed E-state index contributed by atoms with van der Waals surface area (Å²) in [5, 5.41) is 7.57. The summed E-state index contributed by atoms with van der Waals surface area (Å²) in [6.45, 7) is 1.65. The molecule has 0 radical (unpaired) electrons. The summed E-state index contributed by atoms with van der Waals surface area (Å²) in [5.41, 5.74) is 0.638.